The van der Waals surface area contributed by atoms with Gasteiger partial charge in [0.05, 0.1) is 68.1 Å². The number of nitrogens with one attached hydrogen (secondary N) is 7. The zero-order valence-corrected chi connectivity index (χ0v) is 89.2. The van der Waals surface area contributed by atoms with Gasteiger partial charge in [-0.3, -0.25) is 28.8 Å². The molecule has 6 atom stereocenters. The van der Waals surface area contributed by atoms with Gasteiger partial charge in [0.2, 0.25) is 29.5 Å². The number of rotatable bonds is 36. The normalized spacial score (nSPS) is 18.0. The Bertz CT molecular complexity index is 3080. The second kappa shape index (κ2) is 52.2. The number of H-pyrrole nitrogens is 1. The van der Waals surface area contributed by atoms with E-state index < -0.39 is 11.8 Å². The summed E-state index contributed by atoms with van der Waals surface area (Å²) in [5, 5.41) is 42.1. The first-order valence-corrected chi connectivity index (χ1v) is 50.1. The lowest BCUT2D eigenvalue weighted by atomic mass is 9.88. The van der Waals surface area contributed by atoms with Crippen LogP contribution in [0.5, 0.6) is 0 Å². The summed E-state index contributed by atoms with van der Waals surface area (Å²) in [6.07, 6.45) is 26.5. The summed E-state index contributed by atoms with van der Waals surface area (Å²) in [4.78, 5) is 86.1. The Morgan fingerprint density at radius 3 is 0.824 bits per heavy atom. The van der Waals surface area contributed by atoms with Crippen molar-refractivity contribution in [2.45, 2.75) is 511 Å². The van der Waals surface area contributed by atoms with Crippen LogP contribution in [0.3, 0.4) is 0 Å². The number of hydrogen-bond acceptors (Lipinski definition) is 15. The van der Waals surface area contributed by atoms with Gasteiger partial charge in [-0.05, 0) is 253 Å². The van der Waals surface area contributed by atoms with Gasteiger partial charge in [0.25, 0.3) is 0 Å². The fourth-order valence-electron chi connectivity index (χ4n) is 15.9. The fraction of sp³-hybridized carbons (Fsp3) is 0.922. The Balaban J connectivity index is 0.000000750. The molecule has 6 unspecified atom stereocenters. The molecule has 5 aliphatic rings. The van der Waals surface area contributed by atoms with Gasteiger partial charge < -0.3 is 71.6 Å². The number of carbonyl (C=O) groups is 5. The quantitative estimate of drug-likeness (QED) is 0.0284. The van der Waals surface area contributed by atoms with Crippen molar-refractivity contribution in [3.8, 4) is 0 Å². The van der Waals surface area contributed by atoms with Gasteiger partial charge in [0.1, 0.15) is 6.17 Å². The molecule has 5 aliphatic heterocycles. The van der Waals surface area contributed by atoms with Gasteiger partial charge in [0.15, 0.2) is 0 Å². The smallest absolute Gasteiger partial charge is 0.304 e. The SMILES string of the molecule is CC(C)(C)CCCCC(NC(C)(C)C)C(=O)N1CC(C)(O)C1.CC(C)(C)CCCCC(NC(C)(C)C)C(=O)N1CC(F)C1.CC(C)(C)CCCCC(NC(C)(C)C)C(=O)N1CC(O)C1.CC(C)(C)CCCCC(NC(C)(C)C)C(=O)N1CCC1.CC(C)(C)CCCCC(NC(C)(C)C)c1csc(=O)[nH]1.CC1CN(C(=O)C(CCCCC(C)(C)C)NC(C)(C)C)C1. The average molecular weight is 1790 g/mol. The summed E-state index contributed by atoms with van der Waals surface area (Å²) in [5.41, 5.74) is 2.35. The maximum Gasteiger partial charge on any atom is 0.304 e. The zero-order chi connectivity index (χ0) is 96.7. The van der Waals surface area contributed by atoms with Crippen molar-refractivity contribution in [3.63, 3.8) is 0 Å². The van der Waals surface area contributed by atoms with E-state index in [1.807, 2.05) is 15.2 Å². The number of aromatic nitrogens is 1. The lowest BCUT2D eigenvalue weighted by Gasteiger charge is -2.46. The molecule has 125 heavy (non-hydrogen) atoms. The Hall–Kier alpha value is -3.61. The maximum absolute atomic E-state index is 13.0. The zero-order valence-electron chi connectivity index (χ0n) is 88.4. The number of likely N-dealkylation sites (tertiary alicyclic amines) is 5. The highest BCUT2D eigenvalue weighted by Gasteiger charge is 2.43. The van der Waals surface area contributed by atoms with E-state index in [4.69, 9.17) is 0 Å². The number of aliphatic hydroxyl groups is 2. The molecule has 0 spiro atoms. The van der Waals surface area contributed by atoms with Crippen LogP contribution in [0, 0.1) is 38.4 Å². The topological polar surface area (TPSA) is 247 Å². The highest BCUT2D eigenvalue weighted by Crippen LogP contribution is 2.32. The molecule has 6 rings (SSSR count). The minimum absolute atomic E-state index is 0.00438. The molecule has 736 valence electrons. The second-order valence-electron chi connectivity index (χ2n) is 52.1. The van der Waals surface area contributed by atoms with E-state index in [-0.39, 0.29) is 111 Å². The molecule has 0 bridgehead atoms. The summed E-state index contributed by atoms with van der Waals surface area (Å²) < 4.78 is 13.0. The maximum atomic E-state index is 13.0. The number of unbranched alkanes of at least 4 members (excludes halogenated alkanes) is 6. The van der Waals surface area contributed by atoms with Crippen LogP contribution in [0.2, 0.25) is 0 Å². The Morgan fingerprint density at radius 2 is 0.624 bits per heavy atom. The van der Waals surface area contributed by atoms with Gasteiger partial charge in [-0.15, -0.1) is 0 Å². The number of aliphatic hydroxyl groups excluding tert-OH is 1. The van der Waals surface area contributed by atoms with Crippen molar-refractivity contribution >= 4 is 40.9 Å². The van der Waals surface area contributed by atoms with E-state index in [0.29, 0.717) is 76.4 Å². The van der Waals surface area contributed by atoms with Gasteiger partial charge in [-0.25, -0.2) is 4.39 Å². The standard InChI is InChI=1S/C18H36N2O2.C18H36N2O.C17H33FN2O.C17H34N2O2.C17H34N2O.C16H30N2OS/c1-16(2,3)11-9-8-10-14(19-17(4,5)6)15(21)20-12-18(7,22)13-20;1-14-12-20(13-14)16(21)15(19-18(5,6)7)10-8-9-11-17(2,3)4;1-16(2,3)10-8-7-9-14(19-17(4,5)6)15(21)20-11-13(18)12-20;1-16(2,3)10-8-7-9-14(18-17(4,5)6)15(21)19-11-13(20)12-19;1-16(2,3)11-8-7-10-14(18-17(4,5)6)15(20)19-12-9-13-19;1-15(2,3)10-8-7-9-12(18-16(4,5)6)13-11-20-14(19)17-13/h14,19,22H,8-13H2,1-7H3;14-15,19H,8-13H2,1-7H3;13-14,19H,7-12H2,1-6H3;13-14,18,20H,7-12H2,1-6H3;14,18H,7-13H2,1-6H3;11-12,18H,7-10H2,1-6H3,(H,17,19). The van der Waals surface area contributed by atoms with Crippen LogP contribution in [0.15, 0.2) is 10.2 Å². The number of amides is 5. The lowest BCUT2D eigenvalue weighted by Crippen LogP contribution is -2.65. The van der Waals surface area contributed by atoms with Gasteiger partial charge in [0, 0.05) is 89.6 Å². The van der Waals surface area contributed by atoms with E-state index in [0.717, 1.165) is 128 Å². The molecular formula is C103H203FN12O8S. The van der Waals surface area contributed by atoms with Crippen LogP contribution in [0.4, 0.5) is 4.39 Å². The monoisotopic (exact) mass is 1790 g/mol. The molecule has 22 heteroatoms. The molecule has 1 aromatic heterocycles. The molecular weight excluding hydrogens is 1580 g/mol. The van der Waals surface area contributed by atoms with Gasteiger partial charge in [-0.2, -0.15) is 0 Å². The number of alkyl halides is 1. The number of β-amino-alcohol motifs (C(OH)–C–C–N with tert-alkyl or cyclic N) is 2. The largest absolute Gasteiger partial charge is 0.389 e. The van der Waals surface area contributed by atoms with Crippen molar-refractivity contribution in [1.29, 1.82) is 0 Å². The van der Waals surface area contributed by atoms with E-state index in [9.17, 15) is 43.4 Å². The summed E-state index contributed by atoms with van der Waals surface area (Å²) in [6.45, 7) is 89.1. The van der Waals surface area contributed by atoms with Crippen molar-refractivity contribution in [3.05, 3.63) is 20.7 Å². The van der Waals surface area contributed by atoms with Crippen molar-refractivity contribution in [2.24, 2.45) is 38.4 Å². The number of thiazole rings is 1. The summed E-state index contributed by atoms with van der Waals surface area (Å²) in [5.74, 6) is 1.63. The fourth-order valence-corrected chi connectivity index (χ4v) is 16.5. The molecule has 5 amide bonds. The van der Waals surface area contributed by atoms with E-state index >= 15 is 0 Å². The summed E-state index contributed by atoms with van der Waals surface area (Å²) in [6, 6.07) is -0.229. The van der Waals surface area contributed by atoms with Crippen molar-refractivity contribution in [1.82, 2.24) is 61.4 Å². The number of halogens is 1. The predicted molar refractivity (Wildman–Crippen MR) is 530 cm³/mol. The summed E-state index contributed by atoms with van der Waals surface area (Å²) >= 11 is 1.25. The van der Waals surface area contributed by atoms with Crippen LogP contribution < -0.4 is 36.8 Å². The molecule has 6 heterocycles. The molecule has 0 aliphatic carbocycles. The molecule has 0 radical (unpaired) electrons. The third-order valence-electron chi connectivity index (χ3n) is 22.3. The van der Waals surface area contributed by atoms with Crippen LogP contribution in [0.25, 0.3) is 0 Å². The van der Waals surface area contributed by atoms with Gasteiger partial charge in [-0.1, -0.05) is 220 Å². The minimum atomic E-state index is -0.829. The number of aromatic amines is 1. The minimum Gasteiger partial charge on any atom is -0.389 e. The third-order valence-corrected chi connectivity index (χ3v) is 23.0. The van der Waals surface area contributed by atoms with Gasteiger partial charge >= 0.3 is 4.87 Å². The first-order valence-electron chi connectivity index (χ1n) is 49.2. The molecule has 5 fully saturated rings. The molecule has 20 nitrogen and oxygen atoms in total. The lowest BCUT2D eigenvalue weighted by molar-refractivity contribution is -0.155. The van der Waals surface area contributed by atoms with Crippen molar-refractivity contribution in [2.75, 3.05) is 65.4 Å². The van der Waals surface area contributed by atoms with E-state index in [1.54, 1.807) is 21.6 Å². The van der Waals surface area contributed by atoms with Crippen LogP contribution in [-0.2, 0) is 24.0 Å². The Labute approximate surface area is 772 Å². The predicted octanol–water partition coefficient (Wildman–Crippen LogP) is 20.9. The first kappa shape index (κ1) is 119. The number of carbonyl (C=O) groups excluding carboxylic acids is 5. The summed E-state index contributed by atoms with van der Waals surface area (Å²) in [7, 11) is 0. The van der Waals surface area contributed by atoms with Crippen LogP contribution in [0.1, 0.15) is 435 Å². The van der Waals surface area contributed by atoms with Crippen molar-refractivity contribution < 1.29 is 38.6 Å². The van der Waals surface area contributed by atoms with E-state index in [1.165, 1.54) is 75.5 Å². The molecule has 5 saturated heterocycles. The van der Waals surface area contributed by atoms with E-state index in [2.05, 4.69) is 293 Å². The number of nitrogens with zero attached hydrogens (tertiary/aromatic N) is 5. The average Bonchev–Trinajstić information content (AvgIpc) is 0.927. The highest BCUT2D eigenvalue weighted by atomic mass is 32.1. The van der Waals surface area contributed by atoms with Crippen LogP contribution >= 0.6 is 11.3 Å². The molecule has 9 N–H and O–H groups in total. The highest BCUT2D eigenvalue weighted by molar-refractivity contribution is 7.07. The van der Waals surface area contributed by atoms with Crippen LogP contribution in [-0.4, -0.2) is 216 Å². The first-order chi connectivity index (χ1) is 56.4. The Morgan fingerprint density at radius 1 is 0.384 bits per heavy atom. The molecule has 0 saturated carbocycles. The third kappa shape index (κ3) is 60.2. The number of hydrogen-bond donors (Lipinski definition) is 9. The molecule has 0 aromatic carbocycles. The molecule has 1 aromatic rings. The Kier molecular flexibility index (Phi) is 49.8. The second-order valence-corrected chi connectivity index (χ2v) is 52.9.